The first-order valence-corrected chi connectivity index (χ1v) is 6.26. The molecule has 0 saturated carbocycles. The molecule has 1 rings (SSSR count). The summed E-state index contributed by atoms with van der Waals surface area (Å²) in [6, 6.07) is 2.29. The third kappa shape index (κ3) is 3.77. The van der Waals surface area contributed by atoms with Gasteiger partial charge in [0.25, 0.3) is 0 Å². The van der Waals surface area contributed by atoms with Crippen LogP contribution in [0.5, 0.6) is 0 Å². The smallest absolute Gasteiger partial charge is 0.354 e. The fraction of sp³-hybridized carbons (Fsp3) is 0.583. The predicted molar refractivity (Wildman–Crippen MR) is 67.1 cm³/mol. The van der Waals surface area contributed by atoms with Gasteiger partial charge in [0.1, 0.15) is 5.82 Å². The Bertz CT molecular complexity index is 380. The van der Waals surface area contributed by atoms with Gasteiger partial charge < -0.3 is 4.90 Å². The maximum Gasteiger partial charge on any atom is 0.419 e. The molecule has 1 heterocycles. The molecule has 6 heteroatoms. The van der Waals surface area contributed by atoms with Crippen LogP contribution in [0.15, 0.2) is 18.3 Å². The molecule has 1 aromatic rings. The molecule has 0 unspecified atom stereocenters. The second-order valence-corrected chi connectivity index (χ2v) is 4.58. The predicted octanol–water partition coefficient (Wildman–Crippen LogP) is 3.94. The van der Waals surface area contributed by atoms with Crippen molar-refractivity contribution in [3.63, 3.8) is 0 Å². The molecule has 0 saturated heterocycles. The van der Waals surface area contributed by atoms with E-state index in [0.29, 0.717) is 18.8 Å². The monoisotopic (exact) mass is 280 g/mol. The lowest BCUT2D eigenvalue weighted by molar-refractivity contribution is -0.137. The summed E-state index contributed by atoms with van der Waals surface area (Å²) in [5.41, 5.74) is -0.701. The summed E-state index contributed by atoms with van der Waals surface area (Å²) in [7, 11) is 0. The van der Waals surface area contributed by atoms with Crippen molar-refractivity contribution in [2.45, 2.75) is 32.5 Å². The number of alkyl halides is 4. The van der Waals surface area contributed by atoms with Crippen LogP contribution >= 0.6 is 11.6 Å². The van der Waals surface area contributed by atoms with Crippen LogP contribution in [0, 0.1) is 0 Å². The van der Waals surface area contributed by atoms with Crippen LogP contribution in [0.1, 0.15) is 25.8 Å². The number of halogens is 4. The SMILES string of the molecule is CC(C)N(CCCCl)c1ncccc1C(F)(F)F. The molecule has 0 N–H and O–H groups in total. The molecule has 0 aliphatic carbocycles. The second-order valence-electron chi connectivity index (χ2n) is 4.20. The van der Waals surface area contributed by atoms with Crippen LogP contribution in [-0.4, -0.2) is 23.5 Å². The van der Waals surface area contributed by atoms with E-state index in [1.807, 2.05) is 13.8 Å². The Morgan fingerprint density at radius 3 is 2.56 bits per heavy atom. The first kappa shape index (κ1) is 15.1. The van der Waals surface area contributed by atoms with Gasteiger partial charge in [-0.25, -0.2) is 4.98 Å². The lowest BCUT2D eigenvalue weighted by Gasteiger charge is -2.29. The maximum atomic E-state index is 12.9. The Labute approximate surface area is 110 Å². The minimum Gasteiger partial charge on any atom is -0.354 e. The van der Waals surface area contributed by atoms with Gasteiger partial charge in [0.2, 0.25) is 0 Å². The van der Waals surface area contributed by atoms with E-state index in [1.54, 1.807) is 4.90 Å². The molecule has 0 radical (unpaired) electrons. The average Bonchev–Trinajstić information content (AvgIpc) is 2.28. The maximum absolute atomic E-state index is 12.9. The normalized spacial score (nSPS) is 11.9. The molecule has 2 nitrogen and oxygen atoms in total. The first-order valence-electron chi connectivity index (χ1n) is 5.72. The van der Waals surface area contributed by atoms with Gasteiger partial charge >= 0.3 is 6.18 Å². The van der Waals surface area contributed by atoms with Gasteiger partial charge in [-0.3, -0.25) is 0 Å². The van der Waals surface area contributed by atoms with Gasteiger partial charge in [0.05, 0.1) is 5.56 Å². The highest BCUT2D eigenvalue weighted by Crippen LogP contribution is 2.35. The van der Waals surface area contributed by atoms with Crippen LogP contribution in [-0.2, 0) is 6.18 Å². The van der Waals surface area contributed by atoms with E-state index >= 15 is 0 Å². The molecule has 0 amide bonds. The quantitative estimate of drug-likeness (QED) is 0.760. The number of hydrogen-bond acceptors (Lipinski definition) is 2. The lowest BCUT2D eigenvalue weighted by atomic mass is 10.2. The number of rotatable bonds is 5. The Balaban J connectivity index is 3.11. The molecule has 18 heavy (non-hydrogen) atoms. The third-order valence-corrected chi connectivity index (χ3v) is 2.79. The molecule has 0 aliphatic heterocycles. The molecule has 0 fully saturated rings. The van der Waals surface area contributed by atoms with E-state index in [1.165, 1.54) is 12.3 Å². The van der Waals surface area contributed by atoms with E-state index < -0.39 is 11.7 Å². The highest BCUT2D eigenvalue weighted by atomic mass is 35.5. The molecule has 0 bridgehead atoms. The Morgan fingerprint density at radius 2 is 2.06 bits per heavy atom. The van der Waals surface area contributed by atoms with Gasteiger partial charge in [-0.1, -0.05) is 0 Å². The van der Waals surface area contributed by atoms with E-state index in [2.05, 4.69) is 4.98 Å². The molecule has 0 aliphatic rings. The zero-order valence-electron chi connectivity index (χ0n) is 10.3. The lowest BCUT2D eigenvalue weighted by Crippen LogP contribution is -2.34. The highest BCUT2D eigenvalue weighted by Gasteiger charge is 2.35. The van der Waals surface area contributed by atoms with Crippen LogP contribution < -0.4 is 4.90 Å². The second kappa shape index (κ2) is 6.27. The average molecular weight is 281 g/mol. The van der Waals surface area contributed by atoms with Crippen molar-refractivity contribution in [1.29, 1.82) is 0 Å². The van der Waals surface area contributed by atoms with Gasteiger partial charge in [0.15, 0.2) is 0 Å². The summed E-state index contributed by atoms with van der Waals surface area (Å²) in [6.45, 7) is 4.13. The minimum absolute atomic E-state index is 0.0230. The van der Waals surface area contributed by atoms with Crippen molar-refractivity contribution in [1.82, 2.24) is 4.98 Å². The standard InChI is InChI=1S/C12H16ClF3N2/c1-9(2)18(8-4-6-13)11-10(12(14,15)16)5-3-7-17-11/h3,5,7,9H,4,6,8H2,1-2H3. The summed E-state index contributed by atoms with van der Waals surface area (Å²) in [5.74, 6) is 0.391. The third-order valence-electron chi connectivity index (χ3n) is 2.52. The zero-order chi connectivity index (χ0) is 13.8. The molecule has 0 spiro atoms. The highest BCUT2D eigenvalue weighted by molar-refractivity contribution is 6.17. The topological polar surface area (TPSA) is 16.1 Å². The van der Waals surface area contributed by atoms with Crippen molar-refractivity contribution < 1.29 is 13.2 Å². The fourth-order valence-corrected chi connectivity index (χ4v) is 1.81. The summed E-state index contributed by atoms with van der Waals surface area (Å²) in [4.78, 5) is 5.51. The van der Waals surface area contributed by atoms with Crippen LogP contribution in [0.25, 0.3) is 0 Å². The Kier molecular flexibility index (Phi) is 5.26. The van der Waals surface area contributed by atoms with Crippen molar-refractivity contribution in [3.8, 4) is 0 Å². The number of anilines is 1. The molecular weight excluding hydrogens is 265 g/mol. The van der Waals surface area contributed by atoms with Crippen molar-refractivity contribution in [3.05, 3.63) is 23.9 Å². The van der Waals surface area contributed by atoms with E-state index in [-0.39, 0.29) is 11.9 Å². The fourth-order valence-electron chi connectivity index (χ4n) is 1.69. The summed E-state index contributed by atoms with van der Waals surface area (Å²) in [6.07, 6.45) is -2.40. The van der Waals surface area contributed by atoms with Crippen molar-refractivity contribution in [2.75, 3.05) is 17.3 Å². The van der Waals surface area contributed by atoms with E-state index in [4.69, 9.17) is 11.6 Å². The van der Waals surface area contributed by atoms with Crippen LogP contribution in [0.2, 0.25) is 0 Å². The van der Waals surface area contributed by atoms with Crippen LogP contribution in [0.4, 0.5) is 19.0 Å². The summed E-state index contributed by atoms with van der Waals surface area (Å²) in [5, 5.41) is 0. The van der Waals surface area contributed by atoms with Gasteiger partial charge in [-0.05, 0) is 32.4 Å². The van der Waals surface area contributed by atoms with Gasteiger partial charge in [0, 0.05) is 24.7 Å². The van der Waals surface area contributed by atoms with Gasteiger partial charge in [-0.15, -0.1) is 11.6 Å². The zero-order valence-corrected chi connectivity index (χ0v) is 11.1. The number of aromatic nitrogens is 1. The van der Waals surface area contributed by atoms with E-state index in [9.17, 15) is 13.2 Å². The van der Waals surface area contributed by atoms with Gasteiger partial charge in [-0.2, -0.15) is 13.2 Å². The van der Waals surface area contributed by atoms with Crippen molar-refractivity contribution >= 4 is 17.4 Å². The molecular formula is C12H16ClF3N2. The molecule has 1 aromatic heterocycles. The van der Waals surface area contributed by atoms with Crippen molar-refractivity contribution in [2.24, 2.45) is 0 Å². The largest absolute Gasteiger partial charge is 0.419 e. The Morgan fingerprint density at radius 1 is 1.39 bits per heavy atom. The molecule has 0 aromatic carbocycles. The Hall–Kier alpha value is -0.970. The molecule has 0 atom stereocenters. The molecule has 102 valence electrons. The number of hydrogen-bond donors (Lipinski definition) is 0. The number of nitrogens with zero attached hydrogens (tertiary/aromatic N) is 2. The van der Waals surface area contributed by atoms with Crippen LogP contribution in [0.3, 0.4) is 0 Å². The first-order chi connectivity index (χ1) is 8.38. The minimum atomic E-state index is -4.39. The summed E-state index contributed by atoms with van der Waals surface area (Å²) >= 11 is 5.60. The number of pyridine rings is 1. The van der Waals surface area contributed by atoms with E-state index in [0.717, 1.165) is 6.07 Å². The summed E-state index contributed by atoms with van der Waals surface area (Å²) < 4.78 is 38.7.